The fourth-order valence-corrected chi connectivity index (χ4v) is 14.1. The number of carbonyl (C=O) groups is 1. The van der Waals surface area contributed by atoms with E-state index in [0.29, 0.717) is 30.3 Å². The van der Waals surface area contributed by atoms with Gasteiger partial charge in [0, 0.05) is 24.6 Å². The van der Waals surface area contributed by atoms with Crippen LogP contribution in [0.1, 0.15) is 128 Å². The summed E-state index contributed by atoms with van der Waals surface area (Å²) >= 11 is 0. The van der Waals surface area contributed by atoms with Crippen LogP contribution in [-0.4, -0.2) is 83.2 Å². The fraction of sp³-hybridized carbons (Fsp3) is 0.927. The van der Waals surface area contributed by atoms with Gasteiger partial charge in [0.25, 0.3) is 0 Å². The first-order valence-corrected chi connectivity index (χ1v) is 19.6. The molecule has 0 amide bonds. The Bertz CT molecular complexity index is 1350. The summed E-state index contributed by atoms with van der Waals surface area (Å²) in [6, 6.07) is 0. The van der Waals surface area contributed by atoms with Gasteiger partial charge in [-0.2, -0.15) is 0 Å². The van der Waals surface area contributed by atoms with Gasteiger partial charge in [0.1, 0.15) is 0 Å². The van der Waals surface area contributed by atoms with Gasteiger partial charge in [-0.05, 0) is 131 Å². The Morgan fingerprint density at radius 2 is 1.65 bits per heavy atom. The van der Waals surface area contributed by atoms with Crippen molar-refractivity contribution < 1.29 is 34.0 Å². The van der Waals surface area contributed by atoms with E-state index in [1.54, 1.807) is 13.8 Å². The molecule has 8 nitrogen and oxygen atoms in total. The topological polar surface area (TPSA) is 97.7 Å². The summed E-state index contributed by atoms with van der Waals surface area (Å²) in [5.41, 5.74) is 1.72. The molecule has 0 aromatic rings. The molecule has 5 aliphatic carbocycles. The highest BCUT2D eigenvalue weighted by Crippen LogP contribution is 2.89. The second kappa shape index (κ2) is 11.7. The Labute approximate surface area is 296 Å². The number of hydrogen-bond donors (Lipinski definition) is 2. The lowest BCUT2D eigenvalue weighted by Crippen LogP contribution is -2.60. The first-order valence-electron chi connectivity index (χ1n) is 19.6. The molecule has 278 valence electrons. The Hall–Kier alpha value is -1.19. The molecule has 2 N–H and O–H groups in total. The highest BCUT2D eigenvalue weighted by molar-refractivity contribution is 5.66. The van der Waals surface area contributed by atoms with Gasteiger partial charge in [-0.25, -0.2) is 0 Å². The minimum Gasteiger partial charge on any atom is -0.457 e. The second-order valence-corrected chi connectivity index (χ2v) is 19.7. The molecule has 0 aromatic carbocycles. The van der Waals surface area contributed by atoms with Gasteiger partial charge < -0.3 is 34.1 Å². The number of morpholine rings is 1. The first kappa shape index (κ1) is 36.2. The molecule has 0 radical (unpaired) electrons. The van der Waals surface area contributed by atoms with E-state index in [-0.39, 0.29) is 52.0 Å². The first-order chi connectivity index (χ1) is 22.7. The summed E-state index contributed by atoms with van der Waals surface area (Å²) in [6.45, 7) is 25.9. The number of hydrogen-bond acceptors (Lipinski definition) is 8. The van der Waals surface area contributed by atoms with Gasteiger partial charge in [0.2, 0.25) is 0 Å². The van der Waals surface area contributed by atoms with Crippen LogP contribution in [0, 0.1) is 50.7 Å². The lowest BCUT2D eigenvalue weighted by molar-refractivity contribution is -0.246. The highest BCUT2D eigenvalue weighted by atomic mass is 16.7. The summed E-state index contributed by atoms with van der Waals surface area (Å²) in [5, 5.41) is 23.6. The van der Waals surface area contributed by atoms with Crippen LogP contribution < -0.4 is 0 Å². The maximum Gasteiger partial charge on any atom is 0.303 e. The summed E-state index contributed by atoms with van der Waals surface area (Å²) < 4.78 is 25.7. The molecular weight excluding hydrogens is 618 g/mol. The molecule has 14 atom stereocenters. The van der Waals surface area contributed by atoms with Crippen molar-refractivity contribution in [1.29, 1.82) is 0 Å². The van der Waals surface area contributed by atoms with Crippen LogP contribution in [-0.2, 0) is 23.7 Å². The van der Waals surface area contributed by atoms with E-state index < -0.39 is 29.9 Å². The van der Waals surface area contributed by atoms with Crippen LogP contribution in [0.25, 0.3) is 0 Å². The second-order valence-electron chi connectivity index (χ2n) is 19.7. The number of fused-ring (bicyclic) bond motifs is 4. The molecular formula is C41H67NO7. The number of aliphatic hydroxyl groups is 2. The maximum absolute atomic E-state index is 12.6. The Balaban J connectivity index is 1.12. The van der Waals surface area contributed by atoms with Crippen molar-refractivity contribution in [3.63, 3.8) is 0 Å². The Morgan fingerprint density at radius 3 is 2.31 bits per heavy atom. The maximum atomic E-state index is 12.6. The van der Waals surface area contributed by atoms with Gasteiger partial charge in [0.15, 0.2) is 12.4 Å². The molecule has 2 aliphatic heterocycles. The van der Waals surface area contributed by atoms with Crippen molar-refractivity contribution in [3.05, 3.63) is 11.3 Å². The summed E-state index contributed by atoms with van der Waals surface area (Å²) in [6.07, 6.45) is 6.70. The van der Waals surface area contributed by atoms with Crippen molar-refractivity contribution in [2.45, 2.75) is 170 Å². The standard InChI is InChI=1S/C41H67NO7/c1-23(2)25(4)42-18-19-46-31(21-42)49-30-14-15-40-22-41(40)17-16-38(10)32-24(3)20-27(35(37(8,9)45)47-26(5)43)48-33(32)34(44)39(38,11)29(41)13-12-28(40)36(30,6)7/h24,27-35,44-45H,12-22H2,1-11H3. The van der Waals surface area contributed by atoms with Gasteiger partial charge >= 0.3 is 5.97 Å². The summed E-state index contributed by atoms with van der Waals surface area (Å²) in [4.78, 5) is 14.5. The van der Waals surface area contributed by atoms with Crippen molar-refractivity contribution in [2.75, 3.05) is 19.7 Å². The predicted molar refractivity (Wildman–Crippen MR) is 188 cm³/mol. The van der Waals surface area contributed by atoms with Gasteiger partial charge in [-0.3, -0.25) is 4.79 Å². The third-order valence-electron chi connectivity index (χ3n) is 16.6. The average molecular weight is 686 g/mol. The van der Waals surface area contributed by atoms with Crippen molar-refractivity contribution >= 4 is 5.97 Å². The lowest BCUT2D eigenvalue weighted by atomic mass is 9.41. The molecule has 14 unspecified atom stereocenters. The normalized spacial score (nSPS) is 49.0. The minimum atomic E-state index is -1.25. The van der Waals surface area contributed by atoms with E-state index in [4.69, 9.17) is 18.9 Å². The quantitative estimate of drug-likeness (QED) is 0.293. The van der Waals surface area contributed by atoms with E-state index in [1.807, 2.05) is 0 Å². The third-order valence-corrected chi connectivity index (χ3v) is 16.6. The Kier molecular flexibility index (Phi) is 8.61. The molecule has 49 heavy (non-hydrogen) atoms. The number of carbonyl (C=O) groups excluding carboxylic acids is 1. The van der Waals surface area contributed by atoms with Crippen LogP contribution in [0.4, 0.5) is 0 Å². The SMILES string of the molecule is CC(=O)OC(C1CC(C)C2C(O1)C(O)C1(C)C3CCC4C(C)(C)C(OC5CN(C(C)=C(C)C)CCO5)CCC45CC35CCC21C)C(C)(C)O. The van der Waals surface area contributed by atoms with Gasteiger partial charge in [-0.15, -0.1) is 0 Å². The fourth-order valence-electron chi connectivity index (χ4n) is 14.1. The van der Waals surface area contributed by atoms with E-state index in [1.165, 1.54) is 43.9 Å². The molecule has 2 spiro atoms. The van der Waals surface area contributed by atoms with Crippen LogP contribution >= 0.6 is 0 Å². The molecule has 2 saturated heterocycles. The summed E-state index contributed by atoms with van der Waals surface area (Å²) in [7, 11) is 0. The van der Waals surface area contributed by atoms with Crippen LogP contribution in [0.5, 0.6) is 0 Å². The molecule has 8 heteroatoms. The van der Waals surface area contributed by atoms with E-state index in [9.17, 15) is 15.0 Å². The third kappa shape index (κ3) is 5.02. The van der Waals surface area contributed by atoms with Crippen molar-refractivity contribution in [3.8, 4) is 0 Å². The minimum absolute atomic E-state index is 0.0432. The number of rotatable bonds is 6. The van der Waals surface area contributed by atoms with Gasteiger partial charge in [-0.1, -0.05) is 40.2 Å². The lowest BCUT2D eigenvalue weighted by Gasteiger charge is -2.64. The molecule has 5 saturated carbocycles. The number of nitrogens with zero attached hydrogens (tertiary/aromatic N) is 1. The number of ether oxygens (including phenoxy) is 4. The smallest absolute Gasteiger partial charge is 0.303 e. The highest BCUT2D eigenvalue weighted by Gasteiger charge is 2.84. The van der Waals surface area contributed by atoms with E-state index in [0.717, 1.165) is 32.4 Å². The average Bonchev–Trinajstić information content (AvgIpc) is 3.65. The molecule has 7 fully saturated rings. The van der Waals surface area contributed by atoms with Crippen molar-refractivity contribution in [2.24, 2.45) is 50.7 Å². The zero-order valence-electron chi connectivity index (χ0n) is 32.4. The molecule has 0 bridgehead atoms. The van der Waals surface area contributed by atoms with Gasteiger partial charge in [0.05, 0.1) is 43.2 Å². The Morgan fingerprint density at radius 1 is 0.980 bits per heavy atom. The molecule has 7 rings (SSSR count). The van der Waals surface area contributed by atoms with Crippen molar-refractivity contribution in [1.82, 2.24) is 4.90 Å². The molecule has 0 aromatic heterocycles. The number of allylic oxidation sites excluding steroid dienone is 2. The molecule has 7 aliphatic rings. The van der Waals surface area contributed by atoms with E-state index >= 15 is 0 Å². The monoisotopic (exact) mass is 685 g/mol. The largest absolute Gasteiger partial charge is 0.457 e. The van der Waals surface area contributed by atoms with Crippen LogP contribution in [0.3, 0.4) is 0 Å². The number of esters is 1. The predicted octanol–water partition coefficient (Wildman–Crippen LogP) is 6.86. The molecule has 2 heterocycles. The number of aliphatic hydroxyl groups excluding tert-OH is 1. The van der Waals surface area contributed by atoms with Crippen LogP contribution in [0.2, 0.25) is 0 Å². The zero-order valence-corrected chi connectivity index (χ0v) is 32.4. The van der Waals surface area contributed by atoms with Crippen LogP contribution in [0.15, 0.2) is 11.3 Å². The van der Waals surface area contributed by atoms with E-state index in [2.05, 4.69) is 60.3 Å². The summed E-state index contributed by atoms with van der Waals surface area (Å²) in [5.74, 6) is 1.11. The zero-order chi connectivity index (χ0) is 35.7.